The van der Waals surface area contributed by atoms with Crippen molar-refractivity contribution >= 4 is 17.0 Å². The lowest BCUT2D eigenvalue weighted by molar-refractivity contribution is 0.243. The molecule has 0 atom stereocenters. The van der Waals surface area contributed by atoms with E-state index in [0.717, 1.165) is 48.2 Å². The molecule has 5 heteroatoms. The largest absolute Gasteiger partial charge is 0.493 e. The van der Waals surface area contributed by atoms with E-state index >= 15 is 0 Å². The van der Waals surface area contributed by atoms with Crippen molar-refractivity contribution in [3.63, 3.8) is 0 Å². The van der Waals surface area contributed by atoms with E-state index in [1.54, 1.807) is 13.3 Å². The van der Waals surface area contributed by atoms with Crippen molar-refractivity contribution in [2.24, 2.45) is 0 Å². The Kier molecular flexibility index (Phi) is 3.50. The fourth-order valence-electron chi connectivity index (χ4n) is 2.65. The smallest absolute Gasteiger partial charge is 0.314 e. The maximum Gasteiger partial charge on any atom is 0.314 e. The van der Waals surface area contributed by atoms with Gasteiger partial charge in [0.05, 0.1) is 12.9 Å². The number of aryl methyl sites for hydroxylation is 1. The molecule has 0 saturated carbocycles. The lowest BCUT2D eigenvalue weighted by Crippen LogP contribution is -2.33. The molecule has 1 aliphatic heterocycles. The van der Waals surface area contributed by atoms with Gasteiger partial charge in [0.25, 0.3) is 0 Å². The molecule has 0 fully saturated rings. The highest BCUT2D eigenvalue weighted by Gasteiger charge is 2.18. The molecule has 2 heterocycles. The van der Waals surface area contributed by atoms with Crippen LogP contribution in [0.4, 0.5) is 4.79 Å². The quantitative estimate of drug-likeness (QED) is 0.902. The van der Waals surface area contributed by atoms with Crippen molar-refractivity contribution in [1.29, 1.82) is 0 Å². The van der Waals surface area contributed by atoms with E-state index in [2.05, 4.69) is 10.6 Å². The molecule has 2 aromatic rings. The number of carbonyl (C=O) groups excluding carboxylic acids is 1. The van der Waals surface area contributed by atoms with E-state index in [1.807, 2.05) is 12.1 Å². The number of amides is 2. The predicted octanol–water partition coefficient (Wildman–Crippen LogP) is 2.23. The zero-order valence-electron chi connectivity index (χ0n) is 11.5. The average molecular weight is 274 g/mol. The van der Waals surface area contributed by atoms with Crippen molar-refractivity contribution < 1.29 is 13.9 Å². The number of ether oxygens (including phenoxy) is 1. The Labute approximate surface area is 117 Å². The van der Waals surface area contributed by atoms with Gasteiger partial charge in [-0.15, -0.1) is 0 Å². The van der Waals surface area contributed by atoms with Crippen LogP contribution in [0.2, 0.25) is 0 Å². The van der Waals surface area contributed by atoms with Gasteiger partial charge >= 0.3 is 6.03 Å². The Morgan fingerprint density at radius 2 is 2.30 bits per heavy atom. The van der Waals surface area contributed by atoms with Crippen LogP contribution in [0.25, 0.3) is 11.0 Å². The summed E-state index contributed by atoms with van der Waals surface area (Å²) in [6.07, 6.45) is 4.58. The van der Waals surface area contributed by atoms with Crippen LogP contribution in [-0.2, 0) is 12.8 Å². The fourth-order valence-corrected chi connectivity index (χ4v) is 2.65. The minimum absolute atomic E-state index is 0.164. The second-order valence-corrected chi connectivity index (χ2v) is 4.88. The average Bonchev–Trinajstić information content (AvgIpc) is 2.91. The summed E-state index contributed by atoms with van der Waals surface area (Å²) in [5.41, 5.74) is 3.25. The molecule has 0 aliphatic carbocycles. The normalized spacial score (nSPS) is 13.7. The number of benzene rings is 1. The lowest BCUT2D eigenvalue weighted by Gasteiger charge is -2.18. The van der Waals surface area contributed by atoms with Gasteiger partial charge in [-0.3, -0.25) is 0 Å². The van der Waals surface area contributed by atoms with Gasteiger partial charge in [-0.05, 0) is 31.4 Å². The summed E-state index contributed by atoms with van der Waals surface area (Å²) in [5, 5.41) is 6.48. The second-order valence-electron chi connectivity index (χ2n) is 4.88. The Balaban J connectivity index is 1.86. The number of fused-ring (bicyclic) bond motifs is 3. The van der Waals surface area contributed by atoms with Crippen LogP contribution < -0.4 is 15.4 Å². The van der Waals surface area contributed by atoms with Gasteiger partial charge in [0.1, 0.15) is 11.3 Å². The molecule has 2 amide bonds. The van der Waals surface area contributed by atoms with E-state index in [9.17, 15) is 4.79 Å². The summed E-state index contributed by atoms with van der Waals surface area (Å²) >= 11 is 0. The molecule has 0 bridgehead atoms. The highest BCUT2D eigenvalue weighted by molar-refractivity contribution is 5.87. The molecule has 5 nitrogen and oxygen atoms in total. The van der Waals surface area contributed by atoms with Gasteiger partial charge in [-0.2, -0.15) is 0 Å². The van der Waals surface area contributed by atoms with Gasteiger partial charge in [0.15, 0.2) is 0 Å². The van der Waals surface area contributed by atoms with Gasteiger partial charge in [-0.1, -0.05) is 0 Å². The number of urea groups is 1. The standard InChI is InChI=1S/C15H18N2O3/c1-16-15(18)17-7-6-10-9-20-13-5-4-12-11(14(10)13)3-2-8-19-12/h4-5,9H,2-3,6-8H2,1H3,(H2,16,17,18). The number of hydrogen-bond acceptors (Lipinski definition) is 3. The number of furan rings is 1. The minimum atomic E-state index is -0.164. The van der Waals surface area contributed by atoms with Crippen molar-refractivity contribution in [3.05, 3.63) is 29.5 Å². The van der Waals surface area contributed by atoms with Crippen LogP contribution in [0, 0.1) is 0 Å². The molecular formula is C15H18N2O3. The van der Waals surface area contributed by atoms with Crippen molar-refractivity contribution in [1.82, 2.24) is 10.6 Å². The summed E-state index contributed by atoms with van der Waals surface area (Å²) < 4.78 is 11.3. The first-order valence-electron chi connectivity index (χ1n) is 6.90. The molecule has 0 radical (unpaired) electrons. The van der Waals surface area contributed by atoms with Crippen molar-refractivity contribution in [3.8, 4) is 5.75 Å². The molecule has 0 unspecified atom stereocenters. The Morgan fingerprint density at radius 1 is 1.40 bits per heavy atom. The number of carbonyl (C=O) groups is 1. The third-order valence-electron chi connectivity index (χ3n) is 3.62. The van der Waals surface area contributed by atoms with E-state index in [1.165, 1.54) is 5.56 Å². The van der Waals surface area contributed by atoms with Crippen molar-refractivity contribution in [2.45, 2.75) is 19.3 Å². The van der Waals surface area contributed by atoms with Gasteiger partial charge < -0.3 is 19.8 Å². The van der Waals surface area contributed by atoms with Crippen LogP contribution >= 0.6 is 0 Å². The van der Waals surface area contributed by atoms with Gasteiger partial charge in [0, 0.05) is 30.1 Å². The van der Waals surface area contributed by atoms with Crippen LogP contribution in [0.3, 0.4) is 0 Å². The maximum absolute atomic E-state index is 11.2. The zero-order valence-corrected chi connectivity index (χ0v) is 11.5. The zero-order chi connectivity index (χ0) is 13.9. The predicted molar refractivity (Wildman–Crippen MR) is 76.2 cm³/mol. The molecule has 1 aliphatic rings. The van der Waals surface area contributed by atoms with E-state index in [0.29, 0.717) is 6.54 Å². The van der Waals surface area contributed by atoms with Gasteiger partial charge in [-0.25, -0.2) is 4.79 Å². The summed E-state index contributed by atoms with van der Waals surface area (Å²) in [6.45, 7) is 1.36. The van der Waals surface area contributed by atoms with Crippen LogP contribution in [-0.4, -0.2) is 26.2 Å². The number of hydrogen-bond donors (Lipinski definition) is 2. The highest BCUT2D eigenvalue weighted by atomic mass is 16.5. The summed E-state index contributed by atoms with van der Waals surface area (Å²) in [7, 11) is 1.61. The van der Waals surface area contributed by atoms with Crippen molar-refractivity contribution in [2.75, 3.05) is 20.2 Å². The Morgan fingerprint density at radius 3 is 3.15 bits per heavy atom. The molecule has 2 N–H and O–H groups in total. The number of rotatable bonds is 3. The molecule has 0 spiro atoms. The summed E-state index contributed by atoms with van der Waals surface area (Å²) in [6, 6.07) is 3.77. The molecule has 20 heavy (non-hydrogen) atoms. The lowest BCUT2D eigenvalue weighted by atomic mass is 9.98. The maximum atomic E-state index is 11.2. The second kappa shape index (κ2) is 5.45. The molecule has 106 valence electrons. The SMILES string of the molecule is CNC(=O)NCCc1coc2ccc3c(c12)CCCO3. The van der Waals surface area contributed by atoms with Crippen LogP contribution in [0.1, 0.15) is 17.5 Å². The van der Waals surface area contributed by atoms with Crippen LogP contribution in [0.15, 0.2) is 22.8 Å². The van der Waals surface area contributed by atoms with E-state index in [4.69, 9.17) is 9.15 Å². The third-order valence-corrected chi connectivity index (χ3v) is 3.62. The topological polar surface area (TPSA) is 63.5 Å². The van der Waals surface area contributed by atoms with E-state index in [-0.39, 0.29) is 6.03 Å². The molecule has 0 saturated heterocycles. The Bertz CT molecular complexity index is 633. The molecule has 1 aromatic carbocycles. The summed E-state index contributed by atoms with van der Waals surface area (Å²) in [4.78, 5) is 11.2. The minimum Gasteiger partial charge on any atom is -0.493 e. The first kappa shape index (κ1) is 12.8. The van der Waals surface area contributed by atoms with E-state index < -0.39 is 0 Å². The summed E-state index contributed by atoms with van der Waals surface area (Å²) in [5.74, 6) is 0.964. The third kappa shape index (κ3) is 2.31. The Hall–Kier alpha value is -2.17. The first-order chi connectivity index (χ1) is 9.79. The van der Waals surface area contributed by atoms with Crippen LogP contribution in [0.5, 0.6) is 5.75 Å². The molecule has 1 aromatic heterocycles. The number of nitrogens with one attached hydrogen (secondary N) is 2. The first-order valence-corrected chi connectivity index (χ1v) is 6.90. The fraction of sp³-hybridized carbons (Fsp3) is 0.400. The highest BCUT2D eigenvalue weighted by Crippen LogP contribution is 2.35. The van der Waals surface area contributed by atoms with Gasteiger partial charge in [0.2, 0.25) is 0 Å². The monoisotopic (exact) mass is 274 g/mol. The molecular weight excluding hydrogens is 256 g/mol. The molecule has 3 rings (SSSR count).